The lowest BCUT2D eigenvalue weighted by Crippen LogP contribution is -2.06. The fraction of sp³-hybridized carbons (Fsp3) is 0.333. The standard InChI is InChI=1S/C6H9ClN4/c7-5-3-4(1-2-8)10-6(9)11-5/h3H,1-2,8H2,(H2,9,10,11). The fourth-order valence-corrected chi connectivity index (χ4v) is 0.972. The number of aromatic nitrogens is 2. The minimum Gasteiger partial charge on any atom is -0.368 e. The largest absolute Gasteiger partial charge is 0.368 e. The third-order valence-corrected chi connectivity index (χ3v) is 1.36. The Morgan fingerprint density at radius 1 is 1.45 bits per heavy atom. The van der Waals surface area contributed by atoms with Gasteiger partial charge in [0.05, 0.1) is 0 Å². The molecule has 11 heavy (non-hydrogen) atoms. The molecular weight excluding hydrogens is 164 g/mol. The zero-order valence-electron chi connectivity index (χ0n) is 5.92. The van der Waals surface area contributed by atoms with Crippen LogP contribution in [0.3, 0.4) is 0 Å². The summed E-state index contributed by atoms with van der Waals surface area (Å²) in [5.74, 6) is 0.195. The minimum atomic E-state index is 0.195. The van der Waals surface area contributed by atoms with Gasteiger partial charge in [0.25, 0.3) is 0 Å². The van der Waals surface area contributed by atoms with Crippen LogP contribution in [0.4, 0.5) is 5.95 Å². The number of anilines is 1. The molecular formula is C6H9ClN4. The van der Waals surface area contributed by atoms with Crippen LogP contribution in [-0.4, -0.2) is 16.5 Å². The highest BCUT2D eigenvalue weighted by molar-refractivity contribution is 6.29. The normalized spacial score (nSPS) is 10.0. The number of halogens is 1. The van der Waals surface area contributed by atoms with Crippen molar-refractivity contribution in [3.63, 3.8) is 0 Å². The molecule has 4 nitrogen and oxygen atoms in total. The summed E-state index contributed by atoms with van der Waals surface area (Å²) in [5.41, 5.74) is 11.4. The van der Waals surface area contributed by atoms with Crippen molar-refractivity contribution < 1.29 is 0 Å². The van der Waals surface area contributed by atoms with Crippen LogP contribution in [0.2, 0.25) is 5.15 Å². The first-order valence-corrected chi connectivity index (χ1v) is 3.59. The summed E-state index contributed by atoms with van der Waals surface area (Å²) < 4.78 is 0. The Balaban J connectivity index is 2.89. The summed E-state index contributed by atoms with van der Waals surface area (Å²) in [6.07, 6.45) is 0.673. The van der Waals surface area contributed by atoms with E-state index in [0.29, 0.717) is 18.1 Å². The number of nitrogen functional groups attached to an aromatic ring is 1. The second kappa shape index (κ2) is 3.50. The lowest BCUT2D eigenvalue weighted by molar-refractivity contribution is 0.915. The van der Waals surface area contributed by atoms with Gasteiger partial charge in [0, 0.05) is 12.1 Å². The summed E-state index contributed by atoms with van der Waals surface area (Å²) in [4.78, 5) is 7.63. The van der Waals surface area contributed by atoms with Gasteiger partial charge in [-0.3, -0.25) is 0 Å². The fourth-order valence-electron chi connectivity index (χ4n) is 0.760. The third-order valence-electron chi connectivity index (χ3n) is 1.17. The summed E-state index contributed by atoms with van der Waals surface area (Å²) in [7, 11) is 0. The number of rotatable bonds is 2. The molecule has 0 radical (unpaired) electrons. The van der Waals surface area contributed by atoms with Gasteiger partial charge in [-0.25, -0.2) is 9.97 Å². The van der Waals surface area contributed by atoms with Crippen LogP contribution >= 0.6 is 11.6 Å². The van der Waals surface area contributed by atoms with Crippen LogP contribution in [-0.2, 0) is 6.42 Å². The van der Waals surface area contributed by atoms with Gasteiger partial charge in [0.2, 0.25) is 5.95 Å². The molecule has 0 atom stereocenters. The van der Waals surface area contributed by atoms with E-state index in [4.69, 9.17) is 23.1 Å². The number of hydrogen-bond acceptors (Lipinski definition) is 4. The van der Waals surface area contributed by atoms with Crippen molar-refractivity contribution in [1.82, 2.24) is 9.97 Å². The highest BCUT2D eigenvalue weighted by Crippen LogP contribution is 2.07. The van der Waals surface area contributed by atoms with Crippen molar-refractivity contribution >= 4 is 17.5 Å². The number of nitrogens with two attached hydrogens (primary N) is 2. The third kappa shape index (κ3) is 2.32. The Kier molecular flexibility index (Phi) is 2.62. The van der Waals surface area contributed by atoms with E-state index in [2.05, 4.69) is 9.97 Å². The van der Waals surface area contributed by atoms with E-state index >= 15 is 0 Å². The lowest BCUT2D eigenvalue weighted by Gasteiger charge is -1.98. The zero-order valence-corrected chi connectivity index (χ0v) is 6.67. The van der Waals surface area contributed by atoms with E-state index in [1.165, 1.54) is 0 Å². The Bertz CT molecular complexity index is 230. The van der Waals surface area contributed by atoms with Crippen LogP contribution in [0.5, 0.6) is 0 Å². The van der Waals surface area contributed by atoms with Gasteiger partial charge in [0.1, 0.15) is 5.15 Å². The molecule has 5 heteroatoms. The maximum Gasteiger partial charge on any atom is 0.221 e. The number of nitrogens with zero attached hydrogens (tertiary/aromatic N) is 2. The first kappa shape index (κ1) is 8.23. The van der Waals surface area contributed by atoms with Gasteiger partial charge in [-0.05, 0) is 12.6 Å². The average molecular weight is 173 g/mol. The molecule has 0 saturated heterocycles. The van der Waals surface area contributed by atoms with E-state index < -0.39 is 0 Å². The van der Waals surface area contributed by atoms with Gasteiger partial charge in [-0.2, -0.15) is 0 Å². The maximum atomic E-state index is 5.61. The molecule has 0 bridgehead atoms. The van der Waals surface area contributed by atoms with Crippen LogP contribution in [0.25, 0.3) is 0 Å². The minimum absolute atomic E-state index is 0.195. The summed E-state index contributed by atoms with van der Waals surface area (Å²) in [6.45, 7) is 0.535. The Labute approximate surface area is 69.6 Å². The molecule has 4 N–H and O–H groups in total. The van der Waals surface area contributed by atoms with Crippen molar-refractivity contribution in [2.75, 3.05) is 12.3 Å². The molecule has 1 aromatic rings. The molecule has 0 aromatic carbocycles. The molecule has 0 aliphatic rings. The average Bonchev–Trinajstić information content (AvgIpc) is 1.85. The monoisotopic (exact) mass is 172 g/mol. The summed E-state index contributed by atoms with van der Waals surface area (Å²) >= 11 is 5.61. The van der Waals surface area contributed by atoms with Crippen LogP contribution in [0.1, 0.15) is 5.69 Å². The van der Waals surface area contributed by atoms with Crippen LogP contribution < -0.4 is 11.5 Å². The molecule has 0 spiro atoms. The SMILES string of the molecule is NCCc1cc(Cl)nc(N)n1. The van der Waals surface area contributed by atoms with Crippen molar-refractivity contribution in [2.24, 2.45) is 5.73 Å². The Morgan fingerprint density at radius 3 is 2.73 bits per heavy atom. The summed E-state index contributed by atoms with van der Waals surface area (Å²) in [6, 6.07) is 1.66. The molecule has 1 aromatic heterocycles. The van der Waals surface area contributed by atoms with E-state index in [1.54, 1.807) is 6.07 Å². The molecule has 1 heterocycles. The van der Waals surface area contributed by atoms with E-state index in [9.17, 15) is 0 Å². The predicted octanol–water partition coefficient (Wildman–Crippen LogP) is 0.213. The van der Waals surface area contributed by atoms with E-state index in [-0.39, 0.29) is 5.95 Å². The first-order chi connectivity index (χ1) is 5.22. The van der Waals surface area contributed by atoms with Crippen LogP contribution in [0.15, 0.2) is 6.07 Å². The Hall–Kier alpha value is -0.870. The number of hydrogen-bond donors (Lipinski definition) is 2. The molecule has 0 aliphatic heterocycles. The molecule has 60 valence electrons. The van der Waals surface area contributed by atoms with Crippen LogP contribution in [0, 0.1) is 0 Å². The van der Waals surface area contributed by atoms with Crippen molar-refractivity contribution in [3.05, 3.63) is 16.9 Å². The maximum absolute atomic E-state index is 5.61. The highest BCUT2D eigenvalue weighted by atomic mass is 35.5. The molecule has 0 aliphatic carbocycles. The quantitative estimate of drug-likeness (QED) is 0.626. The molecule has 0 unspecified atom stereocenters. The Morgan fingerprint density at radius 2 is 2.18 bits per heavy atom. The highest BCUT2D eigenvalue weighted by Gasteiger charge is 1.98. The van der Waals surface area contributed by atoms with Gasteiger partial charge < -0.3 is 11.5 Å². The van der Waals surface area contributed by atoms with Crippen molar-refractivity contribution in [2.45, 2.75) is 6.42 Å². The molecule has 0 saturated carbocycles. The molecule has 0 amide bonds. The summed E-state index contributed by atoms with van der Waals surface area (Å²) in [5, 5.41) is 0.362. The zero-order chi connectivity index (χ0) is 8.27. The van der Waals surface area contributed by atoms with Gasteiger partial charge in [0.15, 0.2) is 0 Å². The smallest absolute Gasteiger partial charge is 0.221 e. The van der Waals surface area contributed by atoms with Gasteiger partial charge in [-0.15, -0.1) is 0 Å². The van der Waals surface area contributed by atoms with Crippen molar-refractivity contribution in [3.8, 4) is 0 Å². The second-order valence-electron chi connectivity index (χ2n) is 2.08. The molecule has 0 fully saturated rings. The molecule has 1 rings (SSSR count). The lowest BCUT2D eigenvalue weighted by atomic mass is 10.3. The van der Waals surface area contributed by atoms with Gasteiger partial charge >= 0.3 is 0 Å². The topological polar surface area (TPSA) is 77.8 Å². The second-order valence-corrected chi connectivity index (χ2v) is 2.47. The first-order valence-electron chi connectivity index (χ1n) is 3.21. The predicted molar refractivity (Wildman–Crippen MR) is 44.2 cm³/mol. The van der Waals surface area contributed by atoms with E-state index in [0.717, 1.165) is 5.69 Å². The van der Waals surface area contributed by atoms with E-state index in [1.807, 2.05) is 0 Å². The van der Waals surface area contributed by atoms with Gasteiger partial charge in [-0.1, -0.05) is 11.6 Å². The van der Waals surface area contributed by atoms with Crippen molar-refractivity contribution in [1.29, 1.82) is 0 Å².